The average molecular weight is 275 g/mol. The summed E-state index contributed by atoms with van der Waals surface area (Å²) in [5.41, 5.74) is 2.84. The first-order valence-corrected chi connectivity index (χ1v) is 6.37. The Morgan fingerprint density at radius 2 is 1.84 bits per heavy atom. The molecule has 0 aliphatic heterocycles. The first kappa shape index (κ1) is 13.4. The fourth-order valence-corrected chi connectivity index (χ4v) is 1.97. The third-order valence-corrected chi connectivity index (χ3v) is 2.80. The number of carbonyl (C=O) groups is 1. The summed E-state index contributed by atoms with van der Waals surface area (Å²) < 4.78 is 0. The average Bonchev–Trinajstić information content (AvgIpc) is 2.36. The Kier molecular flexibility index (Phi) is 4.42. The van der Waals surface area contributed by atoms with E-state index in [-0.39, 0.29) is 5.91 Å². The van der Waals surface area contributed by atoms with Gasteiger partial charge in [-0.15, -0.1) is 0 Å². The number of carbonyl (C=O) groups excluding carboxylic acids is 1. The molecule has 1 amide bonds. The maximum Gasteiger partial charge on any atom is 0.221 e. The van der Waals surface area contributed by atoms with Crippen molar-refractivity contribution in [2.75, 3.05) is 10.6 Å². The molecule has 0 fully saturated rings. The molecule has 3 nitrogen and oxygen atoms in total. The molecule has 2 aromatic carbocycles. The standard InChI is InChI=1S/C15H15ClN2O/c1-11(19)18-15-7-3-6-14(9-15)17-10-12-4-2-5-13(16)8-12/h2-9,17H,10H2,1H3,(H,18,19). The molecule has 0 heterocycles. The van der Waals surface area contributed by atoms with Gasteiger partial charge in [-0.3, -0.25) is 4.79 Å². The highest BCUT2D eigenvalue weighted by Crippen LogP contribution is 2.17. The van der Waals surface area contributed by atoms with Crippen molar-refractivity contribution in [1.29, 1.82) is 0 Å². The number of halogens is 1. The van der Waals surface area contributed by atoms with Crippen LogP contribution in [0.4, 0.5) is 11.4 Å². The lowest BCUT2D eigenvalue weighted by molar-refractivity contribution is -0.114. The van der Waals surface area contributed by atoms with Crippen molar-refractivity contribution in [2.24, 2.45) is 0 Å². The van der Waals surface area contributed by atoms with Crippen LogP contribution < -0.4 is 10.6 Å². The molecule has 19 heavy (non-hydrogen) atoms. The predicted octanol–water partition coefficient (Wildman–Crippen LogP) is 3.91. The maximum atomic E-state index is 11.0. The Bertz CT molecular complexity index is 584. The molecule has 98 valence electrons. The summed E-state index contributed by atoms with van der Waals surface area (Å²) in [6.45, 7) is 2.18. The molecule has 0 aliphatic rings. The van der Waals surface area contributed by atoms with E-state index in [1.54, 1.807) is 0 Å². The van der Waals surface area contributed by atoms with Crippen LogP contribution in [0, 0.1) is 0 Å². The van der Waals surface area contributed by atoms with Gasteiger partial charge in [-0.1, -0.05) is 29.8 Å². The number of nitrogens with one attached hydrogen (secondary N) is 2. The first-order chi connectivity index (χ1) is 9.13. The minimum atomic E-state index is -0.0769. The van der Waals surface area contributed by atoms with E-state index >= 15 is 0 Å². The molecule has 0 radical (unpaired) electrons. The van der Waals surface area contributed by atoms with Crippen LogP contribution in [-0.4, -0.2) is 5.91 Å². The van der Waals surface area contributed by atoms with Gasteiger partial charge in [0, 0.05) is 29.9 Å². The lowest BCUT2D eigenvalue weighted by Gasteiger charge is -2.09. The number of anilines is 2. The number of rotatable bonds is 4. The molecule has 0 bridgehead atoms. The van der Waals surface area contributed by atoms with Crippen LogP contribution in [0.3, 0.4) is 0 Å². The number of amides is 1. The van der Waals surface area contributed by atoms with Crippen molar-refractivity contribution in [1.82, 2.24) is 0 Å². The van der Waals surface area contributed by atoms with Gasteiger partial charge in [-0.2, -0.15) is 0 Å². The largest absolute Gasteiger partial charge is 0.381 e. The number of benzene rings is 2. The van der Waals surface area contributed by atoms with Crippen molar-refractivity contribution < 1.29 is 4.79 Å². The molecule has 0 unspecified atom stereocenters. The van der Waals surface area contributed by atoms with Crippen LogP contribution >= 0.6 is 11.6 Å². The molecule has 2 aromatic rings. The Labute approximate surface area is 117 Å². The van der Waals surface area contributed by atoms with Crippen LogP contribution in [-0.2, 0) is 11.3 Å². The molecular formula is C15H15ClN2O. The smallest absolute Gasteiger partial charge is 0.221 e. The Morgan fingerprint density at radius 1 is 1.11 bits per heavy atom. The van der Waals surface area contributed by atoms with E-state index in [0.29, 0.717) is 6.54 Å². The van der Waals surface area contributed by atoms with Gasteiger partial charge in [0.25, 0.3) is 0 Å². The van der Waals surface area contributed by atoms with Gasteiger partial charge in [-0.05, 0) is 35.9 Å². The van der Waals surface area contributed by atoms with Crippen molar-refractivity contribution in [3.05, 3.63) is 59.1 Å². The summed E-state index contributed by atoms with van der Waals surface area (Å²) in [5, 5.41) is 6.77. The highest BCUT2D eigenvalue weighted by Gasteiger charge is 1.98. The van der Waals surface area contributed by atoms with E-state index in [2.05, 4.69) is 10.6 Å². The van der Waals surface area contributed by atoms with Crippen LogP contribution in [0.25, 0.3) is 0 Å². The summed E-state index contributed by atoms with van der Waals surface area (Å²) in [5.74, 6) is -0.0769. The van der Waals surface area contributed by atoms with E-state index < -0.39 is 0 Å². The number of hydrogen-bond donors (Lipinski definition) is 2. The van der Waals surface area contributed by atoms with Crippen LogP contribution in [0.15, 0.2) is 48.5 Å². The Hall–Kier alpha value is -2.00. The third kappa shape index (κ3) is 4.30. The van der Waals surface area contributed by atoms with E-state index in [1.165, 1.54) is 6.92 Å². The van der Waals surface area contributed by atoms with Gasteiger partial charge < -0.3 is 10.6 Å². The summed E-state index contributed by atoms with van der Waals surface area (Å²) in [6.07, 6.45) is 0. The van der Waals surface area contributed by atoms with Crippen molar-refractivity contribution in [2.45, 2.75) is 13.5 Å². The van der Waals surface area contributed by atoms with Crippen molar-refractivity contribution >= 4 is 28.9 Å². The summed E-state index contributed by atoms with van der Waals surface area (Å²) in [6, 6.07) is 15.3. The molecule has 0 atom stereocenters. The summed E-state index contributed by atoms with van der Waals surface area (Å²) in [7, 11) is 0. The number of hydrogen-bond acceptors (Lipinski definition) is 2. The fourth-order valence-electron chi connectivity index (χ4n) is 1.76. The lowest BCUT2D eigenvalue weighted by Crippen LogP contribution is -2.06. The zero-order valence-corrected chi connectivity index (χ0v) is 11.4. The highest BCUT2D eigenvalue weighted by atomic mass is 35.5. The topological polar surface area (TPSA) is 41.1 Å². The van der Waals surface area contributed by atoms with E-state index in [4.69, 9.17) is 11.6 Å². The van der Waals surface area contributed by atoms with E-state index in [9.17, 15) is 4.79 Å². The monoisotopic (exact) mass is 274 g/mol. The SMILES string of the molecule is CC(=O)Nc1cccc(NCc2cccc(Cl)c2)c1. The first-order valence-electron chi connectivity index (χ1n) is 5.99. The normalized spacial score (nSPS) is 10.0. The molecule has 2 N–H and O–H groups in total. The van der Waals surface area contributed by atoms with E-state index in [1.807, 2.05) is 48.5 Å². The molecule has 0 saturated carbocycles. The minimum absolute atomic E-state index is 0.0769. The van der Waals surface area contributed by atoms with Crippen LogP contribution in [0.5, 0.6) is 0 Å². The summed E-state index contributed by atoms with van der Waals surface area (Å²) in [4.78, 5) is 11.0. The van der Waals surface area contributed by atoms with Gasteiger partial charge in [0.05, 0.1) is 0 Å². The summed E-state index contributed by atoms with van der Waals surface area (Å²) >= 11 is 5.93. The molecule has 0 spiro atoms. The third-order valence-electron chi connectivity index (χ3n) is 2.57. The minimum Gasteiger partial charge on any atom is -0.381 e. The van der Waals surface area contributed by atoms with Crippen molar-refractivity contribution in [3.63, 3.8) is 0 Å². The molecule has 2 rings (SSSR count). The second kappa shape index (κ2) is 6.25. The quantitative estimate of drug-likeness (QED) is 0.887. The second-order valence-electron chi connectivity index (χ2n) is 4.25. The molecule has 0 saturated heterocycles. The van der Waals surface area contributed by atoms with Gasteiger partial charge in [-0.25, -0.2) is 0 Å². The van der Waals surface area contributed by atoms with E-state index in [0.717, 1.165) is 22.0 Å². The molecule has 0 aromatic heterocycles. The van der Waals surface area contributed by atoms with Gasteiger partial charge in [0.15, 0.2) is 0 Å². The maximum absolute atomic E-state index is 11.0. The van der Waals surface area contributed by atoms with Crippen LogP contribution in [0.1, 0.15) is 12.5 Å². The lowest BCUT2D eigenvalue weighted by atomic mass is 10.2. The van der Waals surface area contributed by atoms with Gasteiger partial charge in [0.1, 0.15) is 0 Å². The second-order valence-corrected chi connectivity index (χ2v) is 4.68. The van der Waals surface area contributed by atoms with Gasteiger partial charge in [0.2, 0.25) is 5.91 Å². The van der Waals surface area contributed by atoms with Gasteiger partial charge >= 0.3 is 0 Å². The highest BCUT2D eigenvalue weighted by molar-refractivity contribution is 6.30. The zero-order valence-electron chi connectivity index (χ0n) is 10.6. The predicted molar refractivity (Wildman–Crippen MR) is 79.5 cm³/mol. The molecular weight excluding hydrogens is 260 g/mol. The molecule has 4 heteroatoms. The Balaban J connectivity index is 2.01. The van der Waals surface area contributed by atoms with Crippen LogP contribution in [0.2, 0.25) is 5.02 Å². The zero-order chi connectivity index (χ0) is 13.7. The van der Waals surface area contributed by atoms with Crippen molar-refractivity contribution in [3.8, 4) is 0 Å². The fraction of sp³-hybridized carbons (Fsp3) is 0.133. The Morgan fingerprint density at radius 3 is 2.58 bits per heavy atom. The molecule has 0 aliphatic carbocycles.